The second-order valence-corrected chi connectivity index (χ2v) is 7.39. The Hall–Kier alpha value is -1.55. The van der Waals surface area contributed by atoms with Crippen molar-refractivity contribution in [3.05, 3.63) is 29.8 Å². The van der Waals surface area contributed by atoms with E-state index in [2.05, 4.69) is 19.1 Å². The number of hydrogen-bond acceptors (Lipinski definition) is 3. The third-order valence-electron chi connectivity index (χ3n) is 5.37. The maximum atomic E-state index is 12.5. The van der Waals surface area contributed by atoms with Crippen LogP contribution in [0.3, 0.4) is 0 Å². The van der Waals surface area contributed by atoms with Crippen molar-refractivity contribution in [1.82, 2.24) is 4.90 Å². The molecule has 1 heterocycles. The van der Waals surface area contributed by atoms with Gasteiger partial charge in [0.25, 0.3) is 0 Å². The number of benzene rings is 1. The van der Waals surface area contributed by atoms with Crippen LogP contribution in [0, 0.1) is 0 Å². The van der Waals surface area contributed by atoms with Gasteiger partial charge >= 0.3 is 0 Å². The molecule has 1 aliphatic heterocycles. The Morgan fingerprint density at radius 1 is 1.29 bits per heavy atom. The molecule has 0 bridgehead atoms. The molecule has 1 aromatic carbocycles. The summed E-state index contributed by atoms with van der Waals surface area (Å²) in [6, 6.07) is 8.75. The standard InChI is InChI=1S/C20H30N2O2/c1-15-13-17(21)11-12-22(15)20(23)10-9-16-5-4-8-19(14-16)24-18-6-2-3-7-18/h4-5,8,14-15,17-18H,2-3,6-7,9-13,21H2,1H3/t15-,17-/m1/s1. The van der Waals surface area contributed by atoms with Gasteiger partial charge in [-0.1, -0.05) is 12.1 Å². The third-order valence-corrected chi connectivity index (χ3v) is 5.37. The molecule has 1 saturated heterocycles. The number of likely N-dealkylation sites (tertiary alicyclic amines) is 1. The second kappa shape index (κ2) is 8.02. The summed E-state index contributed by atoms with van der Waals surface area (Å²) < 4.78 is 6.06. The minimum Gasteiger partial charge on any atom is -0.490 e. The van der Waals surface area contributed by atoms with Crippen LogP contribution < -0.4 is 10.5 Å². The lowest BCUT2D eigenvalue weighted by Crippen LogP contribution is -2.48. The van der Waals surface area contributed by atoms with Gasteiger partial charge in [-0.15, -0.1) is 0 Å². The smallest absolute Gasteiger partial charge is 0.223 e. The van der Waals surface area contributed by atoms with Crippen LogP contribution in [0.4, 0.5) is 0 Å². The molecular weight excluding hydrogens is 300 g/mol. The number of ether oxygens (including phenoxy) is 1. The summed E-state index contributed by atoms with van der Waals surface area (Å²) in [5.74, 6) is 1.20. The molecule has 24 heavy (non-hydrogen) atoms. The molecule has 3 rings (SSSR count). The van der Waals surface area contributed by atoms with Crippen LogP contribution in [-0.2, 0) is 11.2 Å². The molecule has 0 spiro atoms. The molecule has 2 aliphatic rings. The van der Waals surface area contributed by atoms with E-state index in [1.54, 1.807) is 0 Å². The summed E-state index contributed by atoms with van der Waals surface area (Å²) in [6.07, 6.45) is 8.42. The number of carbonyl (C=O) groups excluding carboxylic acids is 1. The van der Waals surface area contributed by atoms with Crippen LogP contribution in [-0.4, -0.2) is 35.5 Å². The number of nitrogens with zero attached hydrogens (tertiary/aromatic N) is 1. The van der Waals surface area contributed by atoms with E-state index < -0.39 is 0 Å². The monoisotopic (exact) mass is 330 g/mol. The maximum absolute atomic E-state index is 12.5. The zero-order valence-electron chi connectivity index (χ0n) is 14.7. The fourth-order valence-corrected chi connectivity index (χ4v) is 3.95. The highest BCUT2D eigenvalue weighted by atomic mass is 16.5. The van der Waals surface area contributed by atoms with Crippen molar-refractivity contribution < 1.29 is 9.53 Å². The van der Waals surface area contributed by atoms with Crippen LogP contribution in [0.1, 0.15) is 57.4 Å². The molecule has 2 atom stereocenters. The number of nitrogens with two attached hydrogens (primary N) is 1. The maximum Gasteiger partial charge on any atom is 0.223 e. The Morgan fingerprint density at radius 3 is 2.83 bits per heavy atom. The van der Waals surface area contributed by atoms with Crippen LogP contribution in [0.2, 0.25) is 0 Å². The van der Waals surface area contributed by atoms with Gasteiger partial charge < -0.3 is 15.4 Å². The van der Waals surface area contributed by atoms with Gasteiger partial charge in [-0.25, -0.2) is 0 Å². The topological polar surface area (TPSA) is 55.6 Å². The predicted molar refractivity (Wildman–Crippen MR) is 96.0 cm³/mol. The summed E-state index contributed by atoms with van der Waals surface area (Å²) in [4.78, 5) is 14.5. The molecule has 1 aliphatic carbocycles. The molecular formula is C20H30N2O2. The number of amides is 1. The van der Waals surface area contributed by atoms with Crippen LogP contribution >= 0.6 is 0 Å². The van der Waals surface area contributed by atoms with Gasteiger partial charge in [0.05, 0.1) is 6.10 Å². The average Bonchev–Trinajstić information content (AvgIpc) is 3.06. The fourth-order valence-electron chi connectivity index (χ4n) is 3.95. The Labute approximate surface area is 145 Å². The van der Waals surface area contributed by atoms with E-state index in [0.717, 1.165) is 44.4 Å². The van der Waals surface area contributed by atoms with E-state index in [0.29, 0.717) is 12.5 Å². The molecule has 0 aromatic heterocycles. The van der Waals surface area contributed by atoms with Gasteiger partial charge in [-0.3, -0.25) is 4.79 Å². The van der Waals surface area contributed by atoms with Crippen molar-refractivity contribution in [3.63, 3.8) is 0 Å². The normalized spacial score (nSPS) is 25.0. The predicted octanol–water partition coefficient (Wildman–Crippen LogP) is 3.28. The highest BCUT2D eigenvalue weighted by Gasteiger charge is 2.26. The van der Waals surface area contributed by atoms with E-state index in [4.69, 9.17) is 10.5 Å². The third kappa shape index (κ3) is 4.50. The summed E-state index contributed by atoms with van der Waals surface area (Å²) in [7, 11) is 0. The molecule has 1 aromatic rings. The minimum absolute atomic E-state index is 0.244. The summed E-state index contributed by atoms with van der Waals surface area (Å²) in [6.45, 7) is 2.90. The van der Waals surface area contributed by atoms with Gasteiger partial charge in [0.1, 0.15) is 5.75 Å². The van der Waals surface area contributed by atoms with Gasteiger partial charge in [0, 0.05) is 25.0 Å². The van der Waals surface area contributed by atoms with Crippen LogP contribution in [0.25, 0.3) is 0 Å². The Kier molecular flexibility index (Phi) is 5.77. The number of rotatable bonds is 5. The molecule has 0 radical (unpaired) electrons. The van der Waals surface area contributed by atoms with Gasteiger partial charge in [0.2, 0.25) is 5.91 Å². The lowest BCUT2D eigenvalue weighted by Gasteiger charge is -2.36. The van der Waals surface area contributed by atoms with E-state index in [1.165, 1.54) is 18.4 Å². The van der Waals surface area contributed by atoms with Crippen molar-refractivity contribution in [2.75, 3.05) is 6.54 Å². The largest absolute Gasteiger partial charge is 0.490 e. The first-order chi connectivity index (χ1) is 11.6. The SMILES string of the molecule is C[C@@H]1C[C@H](N)CCN1C(=O)CCc1cccc(OC2CCCC2)c1. The summed E-state index contributed by atoms with van der Waals surface area (Å²) in [5.41, 5.74) is 7.17. The van der Waals surface area contributed by atoms with Crippen molar-refractivity contribution in [2.24, 2.45) is 5.73 Å². The highest BCUT2D eigenvalue weighted by molar-refractivity contribution is 5.77. The molecule has 2 N–H and O–H groups in total. The molecule has 2 fully saturated rings. The molecule has 132 valence electrons. The van der Waals surface area contributed by atoms with Gasteiger partial charge in [-0.05, 0) is 69.6 Å². The van der Waals surface area contributed by atoms with Crippen molar-refractivity contribution in [1.29, 1.82) is 0 Å². The van der Waals surface area contributed by atoms with E-state index >= 15 is 0 Å². The minimum atomic E-state index is 0.244. The summed E-state index contributed by atoms with van der Waals surface area (Å²) >= 11 is 0. The first-order valence-electron chi connectivity index (χ1n) is 9.42. The van der Waals surface area contributed by atoms with Crippen LogP contribution in [0.15, 0.2) is 24.3 Å². The lowest BCUT2D eigenvalue weighted by molar-refractivity contribution is -0.134. The zero-order valence-corrected chi connectivity index (χ0v) is 14.7. The number of aryl methyl sites for hydroxylation is 1. The second-order valence-electron chi connectivity index (χ2n) is 7.39. The first-order valence-corrected chi connectivity index (χ1v) is 9.42. The highest BCUT2D eigenvalue weighted by Crippen LogP contribution is 2.25. The van der Waals surface area contributed by atoms with E-state index in [9.17, 15) is 4.79 Å². The lowest BCUT2D eigenvalue weighted by atomic mass is 9.98. The van der Waals surface area contributed by atoms with Crippen molar-refractivity contribution in [2.45, 2.75) is 76.5 Å². The molecule has 0 unspecified atom stereocenters. The fraction of sp³-hybridized carbons (Fsp3) is 0.650. The molecule has 4 nitrogen and oxygen atoms in total. The van der Waals surface area contributed by atoms with Crippen molar-refractivity contribution >= 4 is 5.91 Å². The Bertz CT molecular complexity index is 554. The van der Waals surface area contributed by atoms with Crippen molar-refractivity contribution in [3.8, 4) is 5.75 Å². The van der Waals surface area contributed by atoms with Gasteiger partial charge in [-0.2, -0.15) is 0 Å². The Morgan fingerprint density at radius 2 is 2.08 bits per heavy atom. The summed E-state index contributed by atoms with van der Waals surface area (Å²) in [5, 5.41) is 0. The number of piperidine rings is 1. The zero-order chi connectivity index (χ0) is 16.9. The molecule has 1 amide bonds. The average molecular weight is 330 g/mol. The van der Waals surface area contributed by atoms with Crippen LogP contribution in [0.5, 0.6) is 5.75 Å². The van der Waals surface area contributed by atoms with E-state index in [1.807, 2.05) is 17.0 Å². The number of carbonyl (C=O) groups is 1. The quantitative estimate of drug-likeness (QED) is 0.901. The molecule has 1 saturated carbocycles. The van der Waals surface area contributed by atoms with Gasteiger partial charge in [0.15, 0.2) is 0 Å². The van der Waals surface area contributed by atoms with E-state index in [-0.39, 0.29) is 18.0 Å². The molecule has 4 heteroatoms. The Balaban J connectivity index is 1.51. The number of hydrogen-bond donors (Lipinski definition) is 1. The first kappa shape index (κ1) is 17.3.